The molecule has 1 N–H and O–H groups in total. The Bertz CT molecular complexity index is 1290. The highest BCUT2D eigenvalue weighted by Gasteiger charge is 2.30. The standard InChI is InChI=1S/C24H16F3N5S/c25-24(26,27)18-9-4-10-19(12-18)30-22-20(13-28)21(17-8-5-11-29-14-17)31-23(32-22)33-15-16-6-2-1-3-7-16/h1-12,14H,15H2,(H,30,31,32). The van der Waals surface area contributed by atoms with Gasteiger partial charge < -0.3 is 5.32 Å². The molecule has 0 aliphatic heterocycles. The molecule has 9 heteroatoms. The lowest BCUT2D eigenvalue weighted by molar-refractivity contribution is -0.137. The Morgan fingerprint density at radius 2 is 1.79 bits per heavy atom. The Kier molecular flexibility index (Phi) is 6.56. The van der Waals surface area contributed by atoms with E-state index in [4.69, 9.17) is 0 Å². The molecule has 0 unspecified atom stereocenters. The minimum Gasteiger partial charge on any atom is -0.339 e. The Morgan fingerprint density at radius 1 is 0.970 bits per heavy atom. The third kappa shape index (κ3) is 5.48. The highest BCUT2D eigenvalue weighted by Crippen LogP contribution is 2.34. The van der Waals surface area contributed by atoms with Crippen molar-refractivity contribution in [2.24, 2.45) is 0 Å². The number of thioether (sulfide) groups is 1. The van der Waals surface area contributed by atoms with Gasteiger partial charge in [0.15, 0.2) is 11.0 Å². The molecule has 33 heavy (non-hydrogen) atoms. The van der Waals surface area contributed by atoms with Crippen LogP contribution in [0.5, 0.6) is 0 Å². The summed E-state index contributed by atoms with van der Waals surface area (Å²) in [5.41, 5.74) is 1.49. The van der Waals surface area contributed by atoms with Gasteiger partial charge in [0.05, 0.1) is 11.3 Å². The van der Waals surface area contributed by atoms with Crippen LogP contribution in [0.3, 0.4) is 0 Å². The predicted octanol–water partition coefficient (Wildman–Crippen LogP) is 6.46. The molecule has 0 amide bonds. The van der Waals surface area contributed by atoms with Gasteiger partial charge >= 0.3 is 6.18 Å². The van der Waals surface area contributed by atoms with Gasteiger partial charge in [0.2, 0.25) is 0 Å². The number of benzene rings is 2. The van der Waals surface area contributed by atoms with Crippen molar-refractivity contribution in [1.29, 1.82) is 5.26 Å². The number of hydrogen-bond donors (Lipinski definition) is 1. The van der Waals surface area contributed by atoms with E-state index >= 15 is 0 Å². The quantitative estimate of drug-likeness (QED) is 0.261. The molecule has 0 bridgehead atoms. The third-order valence-electron chi connectivity index (χ3n) is 4.60. The van der Waals surface area contributed by atoms with Crippen LogP contribution >= 0.6 is 11.8 Å². The monoisotopic (exact) mass is 463 g/mol. The highest BCUT2D eigenvalue weighted by atomic mass is 32.2. The minimum absolute atomic E-state index is 0.115. The van der Waals surface area contributed by atoms with Gasteiger partial charge in [-0.15, -0.1) is 0 Å². The molecular weight excluding hydrogens is 447 g/mol. The lowest BCUT2D eigenvalue weighted by Crippen LogP contribution is -2.07. The van der Waals surface area contributed by atoms with E-state index in [0.29, 0.717) is 22.2 Å². The van der Waals surface area contributed by atoms with Crippen LogP contribution < -0.4 is 5.32 Å². The van der Waals surface area contributed by atoms with Crippen LogP contribution in [-0.4, -0.2) is 15.0 Å². The van der Waals surface area contributed by atoms with Gasteiger partial charge in [-0.25, -0.2) is 9.97 Å². The highest BCUT2D eigenvalue weighted by molar-refractivity contribution is 7.98. The second-order valence-corrected chi connectivity index (χ2v) is 7.85. The topological polar surface area (TPSA) is 74.5 Å². The van der Waals surface area contributed by atoms with Crippen LogP contribution in [0, 0.1) is 11.3 Å². The van der Waals surface area contributed by atoms with Gasteiger partial charge in [0.1, 0.15) is 11.6 Å². The molecule has 5 nitrogen and oxygen atoms in total. The first-order valence-electron chi connectivity index (χ1n) is 9.77. The molecule has 0 aliphatic carbocycles. The summed E-state index contributed by atoms with van der Waals surface area (Å²) >= 11 is 1.36. The van der Waals surface area contributed by atoms with Crippen LogP contribution in [0.4, 0.5) is 24.7 Å². The molecule has 164 valence electrons. The van der Waals surface area contributed by atoms with Gasteiger partial charge in [-0.2, -0.15) is 18.4 Å². The van der Waals surface area contributed by atoms with Crippen molar-refractivity contribution >= 4 is 23.3 Å². The number of alkyl halides is 3. The van der Waals surface area contributed by atoms with Gasteiger partial charge in [0, 0.05) is 29.4 Å². The second-order valence-electron chi connectivity index (χ2n) is 6.91. The van der Waals surface area contributed by atoms with Gasteiger partial charge in [0.25, 0.3) is 0 Å². The number of nitriles is 1. The van der Waals surface area contributed by atoms with Crippen molar-refractivity contribution in [2.75, 3.05) is 5.32 Å². The van der Waals surface area contributed by atoms with Crippen LogP contribution in [0.1, 0.15) is 16.7 Å². The Hall–Kier alpha value is -3.90. The first-order valence-corrected chi connectivity index (χ1v) is 10.8. The molecular formula is C24H16F3N5S. The number of hydrogen-bond acceptors (Lipinski definition) is 6. The summed E-state index contributed by atoms with van der Waals surface area (Å²) < 4.78 is 39.4. The number of pyridine rings is 1. The van der Waals surface area contributed by atoms with E-state index in [9.17, 15) is 18.4 Å². The van der Waals surface area contributed by atoms with Crippen molar-refractivity contribution in [3.63, 3.8) is 0 Å². The maximum atomic E-state index is 13.1. The average molecular weight is 463 g/mol. The Labute approximate surface area is 192 Å². The third-order valence-corrected chi connectivity index (χ3v) is 5.52. The lowest BCUT2D eigenvalue weighted by atomic mass is 10.1. The Morgan fingerprint density at radius 3 is 2.48 bits per heavy atom. The number of anilines is 2. The molecule has 0 fully saturated rings. The van der Waals surface area contributed by atoms with Crippen LogP contribution in [0.15, 0.2) is 84.3 Å². The maximum absolute atomic E-state index is 13.1. The summed E-state index contributed by atoms with van der Waals surface area (Å²) in [7, 11) is 0. The minimum atomic E-state index is -4.49. The van der Waals surface area contributed by atoms with Crippen molar-refractivity contribution in [3.8, 4) is 17.3 Å². The molecule has 0 radical (unpaired) electrons. The number of rotatable bonds is 6. The first-order chi connectivity index (χ1) is 15.9. The predicted molar refractivity (Wildman–Crippen MR) is 121 cm³/mol. The fourth-order valence-electron chi connectivity index (χ4n) is 3.04. The summed E-state index contributed by atoms with van der Waals surface area (Å²) in [6, 6.07) is 20.0. The summed E-state index contributed by atoms with van der Waals surface area (Å²) in [6.45, 7) is 0. The van der Waals surface area contributed by atoms with Crippen LogP contribution in [-0.2, 0) is 11.9 Å². The molecule has 2 aromatic carbocycles. The molecule has 2 aromatic heterocycles. The lowest BCUT2D eigenvalue weighted by Gasteiger charge is -2.14. The molecule has 0 aliphatic rings. The van der Waals surface area contributed by atoms with E-state index in [1.807, 2.05) is 30.3 Å². The van der Waals surface area contributed by atoms with Crippen molar-refractivity contribution in [3.05, 3.63) is 95.8 Å². The smallest absolute Gasteiger partial charge is 0.339 e. The van der Waals surface area contributed by atoms with Crippen molar-refractivity contribution in [2.45, 2.75) is 17.1 Å². The zero-order valence-electron chi connectivity index (χ0n) is 17.0. The van der Waals surface area contributed by atoms with E-state index in [0.717, 1.165) is 17.7 Å². The number of halogens is 3. The molecule has 4 rings (SSSR count). The normalized spacial score (nSPS) is 11.1. The Balaban J connectivity index is 1.75. The first kappa shape index (κ1) is 22.3. The average Bonchev–Trinajstić information content (AvgIpc) is 2.83. The molecule has 0 saturated carbocycles. The zero-order valence-corrected chi connectivity index (χ0v) is 17.9. The van der Waals surface area contributed by atoms with Gasteiger partial charge in [-0.1, -0.05) is 48.2 Å². The van der Waals surface area contributed by atoms with E-state index in [-0.39, 0.29) is 17.1 Å². The van der Waals surface area contributed by atoms with Crippen molar-refractivity contribution in [1.82, 2.24) is 15.0 Å². The summed E-state index contributed by atoms with van der Waals surface area (Å²) in [5.74, 6) is 0.712. The van der Waals surface area contributed by atoms with Gasteiger partial charge in [-0.3, -0.25) is 4.98 Å². The zero-order chi connectivity index (χ0) is 23.3. The fraction of sp³-hybridized carbons (Fsp3) is 0.0833. The van der Waals surface area contributed by atoms with E-state index in [1.54, 1.807) is 24.5 Å². The van der Waals surface area contributed by atoms with Gasteiger partial charge in [-0.05, 0) is 35.9 Å². The molecule has 2 heterocycles. The molecule has 0 saturated heterocycles. The number of nitrogens with one attached hydrogen (secondary N) is 1. The molecule has 0 spiro atoms. The fourth-order valence-corrected chi connectivity index (χ4v) is 3.84. The van der Waals surface area contributed by atoms with Crippen molar-refractivity contribution < 1.29 is 13.2 Å². The SMILES string of the molecule is N#Cc1c(Nc2cccc(C(F)(F)F)c2)nc(SCc2ccccc2)nc1-c1cccnc1. The van der Waals surface area contributed by atoms with Crippen LogP contribution in [0.2, 0.25) is 0 Å². The van der Waals surface area contributed by atoms with E-state index in [2.05, 4.69) is 26.3 Å². The maximum Gasteiger partial charge on any atom is 0.416 e. The molecule has 0 atom stereocenters. The largest absolute Gasteiger partial charge is 0.416 e. The summed E-state index contributed by atoms with van der Waals surface area (Å²) in [6.07, 6.45) is -1.31. The second kappa shape index (κ2) is 9.71. The van der Waals surface area contributed by atoms with Crippen LogP contribution in [0.25, 0.3) is 11.3 Å². The van der Waals surface area contributed by atoms with E-state index in [1.165, 1.54) is 23.9 Å². The number of aromatic nitrogens is 3. The van der Waals surface area contributed by atoms with E-state index < -0.39 is 11.7 Å². The summed E-state index contributed by atoms with van der Waals surface area (Å²) in [4.78, 5) is 13.1. The number of nitrogens with zero attached hydrogens (tertiary/aromatic N) is 4. The molecule has 4 aromatic rings. The summed E-state index contributed by atoms with van der Waals surface area (Å²) in [5, 5.41) is 13.1.